The van der Waals surface area contributed by atoms with Crippen molar-refractivity contribution in [2.75, 3.05) is 0 Å². The zero-order valence-electron chi connectivity index (χ0n) is 13.0. The topological polar surface area (TPSA) is 57.2 Å². The van der Waals surface area contributed by atoms with Crippen LogP contribution in [0.1, 0.15) is 27.8 Å². The Morgan fingerprint density at radius 2 is 1.71 bits per heavy atom. The third kappa shape index (κ3) is 3.58. The van der Waals surface area contributed by atoms with Crippen LogP contribution in [0, 0.1) is 13.3 Å². The summed E-state index contributed by atoms with van der Waals surface area (Å²) < 4.78 is 35.3. The monoisotopic (exact) mass is 342 g/mol. The highest BCUT2D eigenvalue weighted by Gasteiger charge is 2.25. The highest BCUT2D eigenvalue weighted by molar-refractivity contribution is 7.80. The van der Waals surface area contributed by atoms with Gasteiger partial charge in [-0.3, -0.25) is 0 Å². The van der Waals surface area contributed by atoms with Gasteiger partial charge in [-0.2, -0.15) is 0 Å². The molecule has 0 saturated carbocycles. The normalized spacial score (nSPS) is 12.5. The van der Waals surface area contributed by atoms with E-state index in [-0.39, 0.29) is 0 Å². The minimum atomic E-state index is -5.42. The van der Waals surface area contributed by atoms with Gasteiger partial charge < -0.3 is 4.55 Å². The molecule has 122 valence electrons. The Hall–Kier alpha value is -2.37. The molecule has 0 N–H and O–H groups in total. The Labute approximate surface area is 140 Å². The second-order valence-corrected chi connectivity index (χ2v) is 6.51. The molecular weight excluding hydrogens is 327 g/mol. The minimum absolute atomic E-state index is 1.05. The Kier molecular flexibility index (Phi) is 4.30. The quantitative estimate of drug-likeness (QED) is 0.275. The summed E-state index contributed by atoms with van der Waals surface area (Å²) in [4.78, 5) is 0. The van der Waals surface area contributed by atoms with E-state index in [1.165, 1.54) is 38.6 Å². The van der Waals surface area contributed by atoms with Crippen molar-refractivity contribution in [1.29, 1.82) is 0 Å². The van der Waals surface area contributed by atoms with Gasteiger partial charge in [0, 0.05) is 29.0 Å². The molecule has 4 rings (SSSR count). The molecule has 0 bridgehead atoms. The molecule has 0 unspecified atom stereocenters. The van der Waals surface area contributed by atoms with Crippen molar-refractivity contribution in [3.05, 3.63) is 88.8 Å². The Morgan fingerprint density at radius 3 is 2.46 bits per heavy atom. The molecule has 5 heteroatoms. The van der Waals surface area contributed by atoms with Gasteiger partial charge in [0.05, 0.1) is 22.9 Å². The van der Waals surface area contributed by atoms with Gasteiger partial charge in [-0.05, 0) is 48.9 Å². The molecule has 1 aliphatic carbocycles. The van der Waals surface area contributed by atoms with Crippen LogP contribution in [0.4, 0.5) is 3.89 Å². The van der Waals surface area contributed by atoms with Crippen LogP contribution in [0.3, 0.4) is 0 Å². The van der Waals surface area contributed by atoms with Crippen LogP contribution < -0.4 is 0 Å². The van der Waals surface area contributed by atoms with E-state index in [4.69, 9.17) is 13.0 Å². The van der Waals surface area contributed by atoms with E-state index in [1.54, 1.807) is 0 Å². The Morgan fingerprint density at radius 1 is 1.08 bits per heavy atom. The highest BCUT2D eigenvalue weighted by atomic mass is 32.3. The summed E-state index contributed by atoms with van der Waals surface area (Å²) in [6.45, 7) is 2.23. The van der Waals surface area contributed by atoms with E-state index in [9.17, 15) is 3.89 Å². The van der Waals surface area contributed by atoms with Crippen molar-refractivity contribution in [3.8, 4) is 0 Å². The third-order valence-electron chi connectivity index (χ3n) is 4.15. The summed E-state index contributed by atoms with van der Waals surface area (Å²) in [5, 5.41) is 2.71. The zero-order chi connectivity index (χ0) is 17.3. The maximum Gasteiger partial charge on any atom is 0.255 e. The van der Waals surface area contributed by atoms with Crippen molar-refractivity contribution in [1.82, 2.24) is 0 Å². The van der Waals surface area contributed by atoms with Gasteiger partial charge in [-0.15, -0.1) is 3.89 Å². The van der Waals surface area contributed by atoms with Gasteiger partial charge in [0.25, 0.3) is 10.5 Å². The molecule has 0 fully saturated rings. The fraction of sp³-hybridized carbons (Fsp3) is 0.105. The van der Waals surface area contributed by atoms with Crippen molar-refractivity contribution < 1.29 is 16.9 Å². The van der Waals surface area contributed by atoms with Crippen LogP contribution >= 0.6 is 0 Å². The first kappa shape index (κ1) is 16.5. The van der Waals surface area contributed by atoms with Crippen LogP contribution in [-0.2, 0) is 16.9 Å². The van der Waals surface area contributed by atoms with Gasteiger partial charge in [0.1, 0.15) is 0 Å². The molecule has 0 radical (unpaired) electrons. The molecule has 0 aromatic heterocycles. The smallest absolute Gasteiger partial charge is 0.255 e. The fourth-order valence-electron chi connectivity index (χ4n) is 3.14. The molecule has 3 nitrogen and oxygen atoms in total. The minimum Gasteiger partial charge on any atom is -0.722 e. The summed E-state index contributed by atoms with van der Waals surface area (Å²) in [6, 6.07) is 19.7. The van der Waals surface area contributed by atoms with Gasteiger partial charge in [-0.25, -0.2) is 8.42 Å². The molecule has 0 spiro atoms. The summed E-state index contributed by atoms with van der Waals surface area (Å²) >= 11 is 0. The first-order chi connectivity index (χ1) is 11.3. The van der Waals surface area contributed by atoms with Crippen molar-refractivity contribution in [2.24, 2.45) is 0 Å². The van der Waals surface area contributed by atoms with Gasteiger partial charge in [-0.1, -0.05) is 12.1 Å². The fourth-order valence-corrected chi connectivity index (χ4v) is 3.14. The molecule has 0 amide bonds. The van der Waals surface area contributed by atoms with Gasteiger partial charge in [0.2, 0.25) is 0 Å². The molecule has 0 saturated heterocycles. The summed E-state index contributed by atoms with van der Waals surface area (Å²) in [7, 11) is -5.42. The van der Waals surface area contributed by atoms with Crippen LogP contribution in [0.2, 0.25) is 0 Å². The van der Waals surface area contributed by atoms with E-state index in [0.29, 0.717) is 0 Å². The predicted molar refractivity (Wildman–Crippen MR) is 91.2 cm³/mol. The molecule has 0 heterocycles. The molecule has 0 atom stereocenters. The SMILES string of the molecule is Cc1cc2ccccc2c2c1Cc1ccccc1[CH+]2.O=S(=O)([O-])F. The molecule has 0 aliphatic heterocycles. The molecule has 24 heavy (non-hydrogen) atoms. The standard InChI is InChI=1S/C19H15.FHO3S/c1-13-10-16-8-4-5-9-17(16)19-12-15-7-3-2-6-14(15)11-18(13)19;1-5(2,3)4/h2-10,12H,11H2,1H3;(H,2,3,4)/q+1;/p-1. The van der Waals surface area contributed by atoms with Crippen LogP contribution in [-0.4, -0.2) is 13.0 Å². The number of hydrogen-bond acceptors (Lipinski definition) is 3. The van der Waals surface area contributed by atoms with Crippen molar-refractivity contribution >= 4 is 21.3 Å². The summed E-state index contributed by atoms with van der Waals surface area (Å²) in [5.41, 5.74) is 7.10. The first-order valence-electron chi connectivity index (χ1n) is 7.42. The average Bonchev–Trinajstić information content (AvgIpc) is 2.52. The largest absolute Gasteiger partial charge is 0.722 e. The molecule has 1 aliphatic rings. The van der Waals surface area contributed by atoms with E-state index in [2.05, 4.69) is 67.9 Å². The maximum absolute atomic E-state index is 10.1. The van der Waals surface area contributed by atoms with Crippen LogP contribution in [0.25, 0.3) is 10.8 Å². The van der Waals surface area contributed by atoms with Crippen LogP contribution in [0.15, 0.2) is 54.6 Å². The maximum atomic E-state index is 10.1. The Bertz CT molecular complexity index is 1000. The zero-order valence-corrected chi connectivity index (χ0v) is 13.8. The van der Waals surface area contributed by atoms with E-state index in [1.807, 2.05) is 0 Å². The van der Waals surface area contributed by atoms with Crippen molar-refractivity contribution in [3.63, 3.8) is 0 Å². The number of halogens is 1. The lowest BCUT2D eigenvalue weighted by Gasteiger charge is -2.16. The van der Waals surface area contributed by atoms with E-state index < -0.39 is 10.5 Å². The predicted octanol–water partition coefficient (Wildman–Crippen LogP) is 4.07. The lowest BCUT2D eigenvalue weighted by Crippen LogP contribution is -2.08. The molecular formula is C19H15FO3S. The lowest BCUT2D eigenvalue weighted by atomic mass is 9.81. The second kappa shape index (κ2) is 6.26. The van der Waals surface area contributed by atoms with Crippen molar-refractivity contribution in [2.45, 2.75) is 13.3 Å². The highest BCUT2D eigenvalue weighted by Crippen LogP contribution is 2.35. The summed E-state index contributed by atoms with van der Waals surface area (Å²) in [5.74, 6) is 0. The number of benzene rings is 3. The number of fused-ring (bicyclic) bond motifs is 4. The van der Waals surface area contributed by atoms with Gasteiger partial charge in [0.15, 0.2) is 0 Å². The first-order valence-corrected chi connectivity index (χ1v) is 8.73. The van der Waals surface area contributed by atoms with E-state index in [0.717, 1.165) is 6.42 Å². The number of aryl methyl sites for hydroxylation is 1. The summed E-state index contributed by atoms with van der Waals surface area (Å²) in [6.07, 6.45) is 3.40. The third-order valence-corrected chi connectivity index (χ3v) is 4.15. The lowest BCUT2D eigenvalue weighted by molar-refractivity contribution is 0.417. The second-order valence-electron chi connectivity index (χ2n) is 5.72. The average molecular weight is 342 g/mol. The molecule has 3 aromatic rings. The number of rotatable bonds is 0. The Balaban J connectivity index is 0.000000300. The number of hydrogen-bond donors (Lipinski definition) is 0. The van der Waals surface area contributed by atoms with E-state index >= 15 is 0 Å². The van der Waals surface area contributed by atoms with Gasteiger partial charge >= 0.3 is 0 Å². The van der Waals surface area contributed by atoms with Crippen LogP contribution in [0.5, 0.6) is 0 Å². The molecule has 3 aromatic carbocycles.